The molecule has 32 heavy (non-hydrogen) atoms. The predicted octanol–water partition coefficient (Wildman–Crippen LogP) is 4.23. The summed E-state index contributed by atoms with van der Waals surface area (Å²) in [6.07, 6.45) is 6.86. The Morgan fingerprint density at radius 3 is 2.19 bits per heavy atom. The molecule has 1 aromatic carbocycles. The largest absolute Gasteiger partial charge is 0.478 e. The van der Waals surface area contributed by atoms with Gasteiger partial charge in [-0.1, -0.05) is 37.6 Å². The van der Waals surface area contributed by atoms with E-state index in [0.717, 1.165) is 25.7 Å². The zero-order chi connectivity index (χ0) is 23.4. The molecule has 0 radical (unpaired) electrons. The lowest BCUT2D eigenvalue weighted by molar-refractivity contribution is -0.147. The van der Waals surface area contributed by atoms with Crippen LogP contribution in [0.1, 0.15) is 63.5 Å². The molecule has 7 nitrogen and oxygen atoms in total. The molecule has 0 saturated heterocycles. The van der Waals surface area contributed by atoms with Crippen LogP contribution in [0.5, 0.6) is 0 Å². The summed E-state index contributed by atoms with van der Waals surface area (Å²) in [6, 6.07) is 6.90. The quantitative estimate of drug-likeness (QED) is 0.449. The fourth-order valence-electron chi connectivity index (χ4n) is 4.60. The number of dihydropyridines is 1. The number of carboxylic acid groups (broad SMARTS) is 2. The molecule has 1 fully saturated rings. The van der Waals surface area contributed by atoms with E-state index in [1.807, 2.05) is 0 Å². The first-order valence-corrected chi connectivity index (χ1v) is 10.8. The standard InChI is InChI=1S/C25H29NO6/c1-14-8-4-7-11-19(14)32-20(27)13-12-17-9-5-6-10-18(17)23-21(24(28)29)15(2)26-16(3)22(23)25(30)31/h5-6,9-10,12-14,19,23,26H,4,7-8,11H2,1-3H3,(H,28,29)(H,30,31). The highest BCUT2D eigenvalue weighted by Gasteiger charge is 2.37. The third-order valence-electron chi connectivity index (χ3n) is 6.23. The van der Waals surface area contributed by atoms with Gasteiger partial charge >= 0.3 is 17.9 Å². The van der Waals surface area contributed by atoms with Crippen LogP contribution in [-0.2, 0) is 19.1 Å². The van der Waals surface area contributed by atoms with E-state index in [2.05, 4.69) is 12.2 Å². The van der Waals surface area contributed by atoms with Gasteiger partial charge in [0, 0.05) is 17.5 Å². The van der Waals surface area contributed by atoms with E-state index < -0.39 is 23.8 Å². The predicted molar refractivity (Wildman–Crippen MR) is 120 cm³/mol. The first-order valence-electron chi connectivity index (χ1n) is 10.8. The molecule has 1 saturated carbocycles. The molecule has 2 aliphatic rings. The minimum absolute atomic E-state index is 0.0348. The summed E-state index contributed by atoms with van der Waals surface area (Å²) in [6.45, 7) is 5.30. The van der Waals surface area contributed by atoms with Gasteiger partial charge in [0.15, 0.2) is 0 Å². The monoisotopic (exact) mass is 439 g/mol. The first-order chi connectivity index (χ1) is 15.2. The molecule has 3 N–H and O–H groups in total. The Labute approximate surface area is 187 Å². The molecule has 2 unspecified atom stereocenters. The van der Waals surface area contributed by atoms with Crippen LogP contribution in [0.3, 0.4) is 0 Å². The van der Waals surface area contributed by atoms with Crippen LogP contribution in [0.15, 0.2) is 52.9 Å². The van der Waals surface area contributed by atoms with Gasteiger partial charge in [0.1, 0.15) is 6.10 Å². The van der Waals surface area contributed by atoms with Crippen molar-refractivity contribution < 1.29 is 29.3 Å². The summed E-state index contributed by atoms with van der Waals surface area (Å²) in [5, 5.41) is 22.5. The maximum atomic E-state index is 12.4. The molecule has 7 heteroatoms. The number of hydrogen-bond acceptors (Lipinski definition) is 5. The van der Waals surface area contributed by atoms with E-state index in [4.69, 9.17) is 4.74 Å². The molecule has 170 valence electrons. The Hall–Kier alpha value is -3.35. The lowest BCUT2D eigenvalue weighted by atomic mass is 9.78. The van der Waals surface area contributed by atoms with Gasteiger partial charge in [0.05, 0.1) is 17.1 Å². The Morgan fingerprint density at radius 2 is 1.59 bits per heavy atom. The van der Waals surface area contributed by atoms with Gasteiger partial charge in [0.25, 0.3) is 0 Å². The van der Waals surface area contributed by atoms with Gasteiger partial charge in [-0.25, -0.2) is 14.4 Å². The number of esters is 1. The topological polar surface area (TPSA) is 113 Å². The highest BCUT2D eigenvalue weighted by Crippen LogP contribution is 2.40. The fraction of sp³-hybridized carbons (Fsp3) is 0.400. The van der Waals surface area contributed by atoms with Crippen molar-refractivity contribution in [1.29, 1.82) is 0 Å². The van der Waals surface area contributed by atoms with E-state index in [9.17, 15) is 24.6 Å². The number of rotatable bonds is 6. The van der Waals surface area contributed by atoms with Crippen LogP contribution in [0.25, 0.3) is 6.08 Å². The average molecular weight is 440 g/mol. The third-order valence-corrected chi connectivity index (χ3v) is 6.23. The lowest BCUT2D eigenvalue weighted by Crippen LogP contribution is -2.31. The van der Waals surface area contributed by atoms with Gasteiger partial charge in [0.2, 0.25) is 0 Å². The minimum atomic E-state index is -1.20. The number of allylic oxidation sites excluding steroid dienone is 2. The van der Waals surface area contributed by atoms with Crippen molar-refractivity contribution in [3.8, 4) is 0 Å². The average Bonchev–Trinajstić information content (AvgIpc) is 2.73. The van der Waals surface area contributed by atoms with Crippen molar-refractivity contribution in [3.63, 3.8) is 0 Å². The second kappa shape index (κ2) is 9.85. The zero-order valence-electron chi connectivity index (χ0n) is 18.6. The number of carbonyl (C=O) groups is 3. The number of nitrogens with one attached hydrogen (secondary N) is 1. The van der Waals surface area contributed by atoms with Crippen molar-refractivity contribution >= 4 is 24.0 Å². The van der Waals surface area contributed by atoms with Gasteiger partial charge in [-0.15, -0.1) is 0 Å². The Kier molecular flexibility index (Phi) is 7.18. The number of ether oxygens (including phenoxy) is 1. The van der Waals surface area contributed by atoms with Crippen LogP contribution in [0.4, 0.5) is 0 Å². The van der Waals surface area contributed by atoms with Crippen LogP contribution in [0.2, 0.25) is 0 Å². The smallest absolute Gasteiger partial charge is 0.334 e. The summed E-state index contributed by atoms with van der Waals surface area (Å²) >= 11 is 0. The number of hydrogen-bond donors (Lipinski definition) is 3. The van der Waals surface area contributed by atoms with E-state index in [1.54, 1.807) is 44.2 Å². The molecule has 1 heterocycles. The highest BCUT2D eigenvalue weighted by molar-refractivity contribution is 5.99. The normalized spacial score (nSPS) is 22.1. The van der Waals surface area contributed by atoms with E-state index >= 15 is 0 Å². The molecule has 2 atom stereocenters. The fourth-order valence-corrected chi connectivity index (χ4v) is 4.60. The van der Waals surface area contributed by atoms with E-state index in [1.165, 1.54) is 6.08 Å². The molecule has 0 aromatic heterocycles. The first kappa shape index (κ1) is 23.3. The van der Waals surface area contributed by atoms with Gasteiger partial charge in [-0.2, -0.15) is 0 Å². The molecule has 1 aromatic rings. The van der Waals surface area contributed by atoms with Crippen LogP contribution in [0, 0.1) is 5.92 Å². The van der Waals surface area contributed by atoms with E-state index in [0.29, 0.717) is 28.4 Å². The van der Waals surface area contributed by atoms with Crippen molar-refractivity contribution in [2.45, 2.75) is 58.5 Å². The Bertz CT molecular complexity index is 983. The molecule has 1 aliphatic carbocycles. The minimum Gasteiger partial charge on any atom is -0.478 e. The number of aliphatic carboxylic acids is 2. The van der Waals surface area contributed by atoms with Crippen molar-refractivity contribution in [1.82, 2.24) is 5.32 Å². The van der Waals surface area contributed by atoms with Gasteiger partial charge in [-0.05, 0) is 56.2 Å². The molecular weight excluding hydrogens is 410 g/mol. The Balaban J connectivity index is 1.96. The number of benzene rings is 1. The summed E-state index contributed by atoms with van der Waals surface area (Å²) in [7, 11) is 0. The van der Waals surface area contributed by atoms with Crippen LogP contribution < -0.4 is 5.32 Å². The molecular formula is C25H29NO6. The van der Waals surface area contributed by atoms with E-state index in [-0.39, 0.29) is 17.3 Å². The maximum absolute atomic E-state index is 12.4. The second-order valence-electron chi connectivity index (χ2n) is 8.44. The molecule has 3 rings (SSSR count). The number of carboxylic acids is 2. The molecule has 0 spiro atoms. The second-order valence-corrected chi connectivity index (χ2v) is 8.44. The van der Waals surface area contributed by atoms with Crippen molar-refractivity contribution in [3.05, 3.63) is 64.0 Å². The lowest BCUT2D eigenvalue weighted by Gasteiger charge is -2.29. The van der Waals surface area contributed by atoms with Gasteiger partial charge in [-0.3, -0.25) is 0 Å². The van der Waals surface area contributed by atoms with Crippen LogP contribution in [-0.4, -0.2) is 34.2 Å². The molecule has 0 amide bonds. The van der Waals surface area contributed by atoms with Crippen LogP contribution >= 0.6 is 0 Å². The maximum Gasteiger partial charge on any atom is 0.334 e. The summed E-state index contributed by atoms with van der Waals surface area (Å²) < 4.78 is 5.62. The third kappa shape index (κ3) is 4.93. The summed E-state index contributed by atoms with van der Waals surface area (Å²) in [4.78, 5) is 36.5. The molecule has 1 aliphatic heterocycles. The zero-order valence-corrected chi connectivity index (χ0v) is 18.6. The number of carbonyl (C=O) groups excluding carboxylic acids is 1. The molecule has 0 bridgehead atoms. The SMILES string of the molecule is CC1=C(C(=O)O)C(c2ccccc2C=CC(=O)OC2CCCCC2C)C(C(=O)O)=C(C)N1. The van der Waals surface area contributed by atoms with Crippen molar-refractivity contribution in [2.75, 3.05) is 0 Å². The Morgan fingerprint density at radius 1 is 1.00 bits per heavy atom. The van der Waals surface area contributed by atoms with Crippen molar-refractivity contribution in [2.24, 2.45) is 5.92 Å². The summed E-state index contributed by atoms with van der Waals surface area (Å²) in [5.74, 6) is -3.52. The van der Waals surface area contributed by atoms with Gasteiger partial charge < -0.3 is 20.3 Å². The summed E-state index contributed by atoms with van der Waals surface area (Å²) in [5.41, 5.74) is 1.76. The highest BCUT2D eigenvalue weighted by atomic mass is 16.5.